The number of piperidine rings is 1. The molecule has 0 bridgehead atoms. The number of likely N-dealkylation sites (tertiary alicyclic amines) is 1. The van der Waals surface area contributed by atoms with Crippen LogP contribution in [0.5, 0.6) is 5.75 Å². The van der Waals surface area contributed by atoms with E-state index >= 15 is 0 Å². The van der Waals surface area contributed by atoms with Gasteiger partial charge in [-0.25, -0.2) is 9.37 Å². The molecule has 1 aliphatic heterocycles. The summed E-state index contributed by atoms with van der Waals surface area (Å²) in [6.45, 7) is 4.65. The Morgan fingerprint density at radius 1 is 1.20 bits per heavy atom. The molecule has 0 spiro atoms. The van der Waals surface area contributed by atoms with E-state index in [1.54, 1.807) is 19.2 Å². The Bertz CT molecular complexity index is 1220. The first-order chi connectivity index (χ1) is 16.8. The lowest BCUT2D eigenvalue weighted by Gasteiger charge is -2.35. The molecule has 35 heavy (non-hydrogen) atoms. The molecule has 4 rings (SSSR count). The van der Waals surface area contributed by atoms with Gasteiger partial charge in [-0.1, -0.05) is 42.3 Å². The van der Waals surface area contributed by atoms with Gasteiger partial charge in [0.05, 0.1) is 5.02 Å². The number of rotatable bonds is 6. The number of carbonyl (C=O) groups excluding carboxylic acids is 1. The third kappa shape index (κ3) is 5.39. The smallest absolute Gasteiger partial charge is 0.254 e. The fourth-order valence-electron chi connectivity index (χ4n) is 4.54. The summed E-state index contributed by atoms with van der Waals surface area (Å²) >= 11 is 12.4. The Hall–Kier alpha value is -2.83. The van der Waals surface area contributed by atoms with Gasteiger partial charge in [0.1, 0.15) is 11.9 Å². The molecule has 1 unspecified atom stereocenters. The van der Waals surface area contributed by atoms with Gasteiger partial charge in [-0.3, -0.25) is 4.79 Å². The normalized spacial score (nSPS) is 16.7. The number of carbonyl (C=O) groups is 1. The second-order valence-electron chi connectivity index (χ2n) is 8.76. The van der Waals surface area contributed by atoms with Crippen molar-refractivity contribution in [1.29, 1.82) is 0 Å². The number of nitrogen functional groups attached to an aromatic ring is 1. The number of hydrogen-bond acceptors (Lipinski definition) is 4. The summed E-state index contributed by atoms with van der Waals surface area (Å²) in [5.74, 6) is 0.00319. The summed E-state index contributed by atoms with van der Waals surface area (Å²) < 4.78 is 20.0. The first-order valence-corrected chi connectivity index (χ1v) is 12.5. The van der Waals surface area contributed by atoms with Crippen LogP contribution in [0.2, 0.25) is 10.0 Å². The first-order valence-electron chi connectivity index (χ1n) is 11.8. The lowest BCUT2D eigenvalue weighted by atomic mass is 9.98. The van der Waals surface area contributed by atoms with Crippen LogP contribution >= 0.6 is 23.2 Å². The van der Waals surface area contributed by atoms with Crippen molar-refractivity contribution >= 4 is 34.9 Å². The molecule has 1 aliphatic rings. The van der Waals surface area contributed by atoms with Crippen molar-refractivity contribution in [1.82, 2.24) is 9.88 Å². The largest absolute Gasteiger partial charge is 0.482 e. The number of ether oxygens (including phenoxy) is 1. The van der Waals surface area contributed by atoms with E-state index in [9.17, 15) is 9.18 Å². The monoisotopic (exact) mass is 515 g/mol. The van der Waals surface area contributed by atoms with Crippen molar-refractivity contribution < 1.29 is 13.9 Å². The third-order valence-electron chi connectivity index (χ3n) is 6.50. The fourth-order valence-corrected chi connectivity index (χ4v) is 5.21. The van der Waals surface area contributed by atoms with E-state index in [2.05, 4.69) is 11.9 Å². The van der Waals surface area contributed by atoms with Crippen LogP contribution in [0.4, 0.5) is 10.2 Å². The number of amides is 1. The number of pyridine rings is 1. The molecule has 2 heterocycles. The fraction of sp³-hybridized carbons (Fsp3) is 0.333. The summed E-state index contributed by atoms with van der Waals surface area (Å²) in [6, 6.07) is 12.2. The summed E-state index contributed by atoms with van der Waals surface area (Å²) in [6.07, 6.45) is 5.22. The maximum absolute atomic E-state index is 14.0. The maximum Gasteiger partial charge on any atom is 0.254 e. The highest BCUT2D eigenvalue weighted by molar-refractivity contribution is 6.36. The molecule has 3 aromatic rings. The number of aromatic nitrogens is 1. The zero-order valence-electron chi connectivity index (χ0n) is 19.7. The molecule has 2 N–H and O–H groups in total. The minimum atomic E-state index is -0.666. The average Bonchev–Trinajstić information content (AvgIpc) is 2.87. The number of hydrogen-bond donors (Lipinski definition) is 1. The lowest BCUT2D eigenvalue weighted by molar-refractivity contribution is 0.0608. The zero-order chi connectivity index (χ0) is 25.1. The number of anilines is 1. The molecule has 0 saturated carbocycles. The van der Waals surface area contributed by atoms with E-state index in [1.165, 1.54) is 18.6 Å². The van der Waals surface area contributed by atoms with E-state index in [0.717, 1.165) is 36.9 Å². The van der Waals surface area contributed by atoms with Crippen LogP contribution in [0, 0.1) is 5.82 Å². The lowest BCUT2D eigenvalue weighted by Crippen LogP contribution is -2.43. The highest BCUT2D eigenvalue weighted by atomic mass is 35.5. The van der Waals surface area contributed by atoms with E-state index < -0.39 is 11.9 Å². The molecule has 8 heteroatoms. The van der Waals surface area contributed by atoms with Crippen molar-refractivity contribution in [2.24, 2.45) is 0 Å². The maximum atomic E-state index is 14.0. The van der Waals surface area contributed by atoms with Crippen LogP contribution in [0.1, 0.15) is 61.6 Å². The average molecular weight is 516 g/mol. The molecule has 1 saturated heterocycles. The van der Waals surface area contributed by atoms with Crippen molar-refractivity contribution in [3.05, 3.63) is 75.7 Å². The van der Waals surface area contributed by atoms with E-state index in [-0.39, 0.29) is 16.7 Å². The third-order valence-corrected chi connectivity index (χ3v) is 7.21. The second kappa shape index (κ2) is 10.8. The van der Waals surface area contributed by atoms with Gasteiger partial charge in [0.25, 0.3) is 5.91 Å². The van der Waals surface area contributed by atoms with Gasteiger partial charge in [0.2, 0.25) is 0 Å². The summed E-state index contributed by atoms with van der Waals surface area (Å²) in [4.78, 5) is 19.3. The van der Waals surface area contributed by atoms with Crippen LogP contribution in [0.25, 0.3) is 11.1 Å². The Kier molecular flexibility index (Phi) is 7.82. The van der Waals surface area contributed by atoms with Crippen molar-refractivity contribution in [3.8, 4) is 16.9 Å². The Balaban J connectivity index is 1.55. The van der Waals surface area contributed by atoms with Crippen molar-refractivity contribution in [2.75, 3.05) is 12.3 Å². The van der Waals surface area contributed by atoms with Gasteiger partial charge >= 0.3 is 0 Å². The highest BCUT2D eigenvalue weighted by Gasteiger charge is 2.26. The SMILES string of the molecule is CC[C@H]1CCCCN1C(=O)c1ccc(-c2cnc(N)c(OC(C)c3c(Cl)ccc(F)c3Cl)c2)cc1. The Labute approximate surface area is 215 Å². The molecule has 0 radical (unpaired) electrons. The van der Waals surface area contributed by atoms with Gasteiger partial charge in [-0.2, -0.15) is 0 Å². The molecule has 1 amide bonds. The van der Waals surface area contributed by atoms with Gasteiger partial charge in [0.15, 0.2) is 11.6 Å². The summed E-state index contributed by atoms with van der Waals surface area (Å²) in [5.41, 5.74) is 8.67. The molecule has 2 atom stereocenters. The van der Waals surface area contributed by atoms with Crippen molar-refractivity contribution in [3.63, 3.8) is 0 Å². The van der Waals surface area contributed by atoms with Gasteiger partial charge in [-0.15, -0.1) is 0 Å². The number of nitrogens with zero attached hydrogens (tertiary/aromatic N) is 2. The molecule has 2 aromatic carbocycles. The number of nitrogens with two attached hydrogens (primary N) is 1. The van der Waals surface area contributed by atoms with Crippen LogP contribution in [0.15, 0.2) is 48.7 Å². The second-order valence-corrected chi connectivity index (χ2v) is 9.54. The van der Waals surface area contributed by atoms with Crippen LogP contribution in [-0.4, -0.2) is 28.4 Å². The van der Waals surface area contributed by atoms with Crippen LogP contribution in [0.3, 0.4) is 0 Å². The van der Waals surface area contributed by atoms with Crippen LogP contribution in [-0.2, 0) is 0 Å². The molecule has 5 nitrogen and oxygen atoms in total. The predicted molar refractivity (Wildman–Crippen MR) is 139 cm³/mol. The van der Waals surface area contributed by atoms with Gasteiger partial charge in [0, 0.05) is 40.5 Å². The summed E-state index contributed by atoms with van der Waals surface area (Å²) in [5, 5.41) is 0.206. The van der Waals surface area contributed by atoms with Crippen LogP contribution < -0.4 is 10.5 Å². The minimum Gasteiger partial charge on any atom is -0.482 e. The van der Waals surface area contributed by atoms with E-state index in [1.807, 2.05) is 29.2 Å². The summed E-state index contributed by atoms with van der Waals surface area (Å²) in [7, 11) is 0. The predicted octanol–water partition coefficient (Wildman–Crippen LogP) is 7.32. The standard InChI is InChI=1S/C27H28Cl2FN3O2/c1-3-20-6-4-5-13-33(20)27(34)18-9-7-17(8-10-18)19-14-23(26(31)32-15-19)35-16(2)24-21(28)11-12-22(30)25(24)29/h7-12,14-16,20H,3-6,13H2,1-2H3,(H2,31,32)/t16?,20-/m0/s1. The molecule has 1 fully saturated rings. The van der Waals surface area contributed by atoms with Gasteiger partial charge < -0.3 is 15.4 Å². The quantitative estimate of drug-likeness (QED) is 0.349. The van der Waals surface area contributed by atoms with E-state index in [4.69, 9.17) is 33.7 Å². The highest BCUT2D eigenvalue weighted by Crippen LogP contribution is 2.37. The molecule has 1 aromatic heterocycles. The number of halogens is 3. The first kappa shape index (κ1) is 25.3. The number of benzene rings is 2. The molecular formula is C27H28Cl2FN3O2. The molecule has 0 aliphatic carbocycles. The molecular weight excluding hydrogens is 488 g/mol. The Morgan fingerprint density at radius 3 is 2.66 bits per heavy atom. The van der Waals surface area contributed by atoms with Gasteiger partial charge in [-0.05, 0) is 68.5 Å². The van der Waals surface area contributed by atoms with E-state index in [0.29, 0.717) is 27.9 Å². The zero-order valence-corrected chi connectivity index (χ0v) is 21.2. The minimum absolute atomic E-state index is 0.0697. The topological polar surface area (TPSA) is 68.5 Å². The Morgan fingerprint density at radius 2 is 1.94 bits per heavy atom. The molecule has 184 valence electrons. The van der Waals surface area contributed by atoms with Crippen molar-refractivity contribution in [2.45, 2.75) is 51.7 Å².